The smallest absolute Gasteiger partial charge is 0.272 e. The highest BCUT2D eigenvalue weighted by molar-refractivity contribution is 7.92. The van der Waals surface area contributed by atoms with E-state index in [2.05, 4.69) is 41.1 Å². The van der Waals surface area contributed by atoms with E-state index in [-0.39, 0.29) is 5.69 Å². The Morgan fingerprint density at radius 2 is 1.78 bits per heavy atom. The average Bonchev–Trinajstić information content (AvgIpc) is 3.54. The fraction of sp³-hybridized carbons (Fsp3) is 0.333. The third kappa shape index (κ3) is 5.50. The number of pyridine rings is 1. The lowest BCUT2D eigenvalue weighted by molar-refractivity contribution is 0.0947. The summed E-state index contributed by atoms with van der Waals surface area (Å²) in [6, 6.07) is 6.84. The highest BCUT2D eigenvalue weighted by atomic mass is 32.2. The van der Waals surface area contributed by atoms with Crippen molar-refractivity contribution in [3.05, 3.63) is 53.2 Å². The van der Waals surface area contributed by atoms with E-state index in [1.807, 2.05) is 30.5 Å². The first-order chi connectivity index (χ1) is 16.8. The lowest BCUT2D eigenvalue weighted by Crippen LogP contribution is -2.50. The number of aromatic nitrogens is 5. The summed E-state index contributed by atoms with van der Waals surface area (Å²) in [6.07, 6.45) is 3.83. The van der Waals surface area contributed by atoms with Gasteiger partial charge in [0.25, 0.3) is 5.91 Å². The number of nitrogens with one attached hydrogen (secondary N) is 3. The standard InChI is InChI=1S/C21H27B3N8O3S/c1-11-9-15(27-12(2)26-11)29-16-10-14(17(32-31-16)19(33)30-21(22,23)24)28-18-13(5-4-8-25-18)20(6-7-20)36(3,34)35/h4-5,8-10H,6-7,22-24H2,1-3H3,(H,30,33)(H2,25,26,27,28,29,31). The average molecular weight is 504 g/mol. The van der Waals surface area contributed by atoms with Gasteiger partial charge in [0.05, 0.1) is 5.69 Å². The van der Waals surface area contributed by atoms with E-state index in [0.29, 0.717) is 47.4 Å². The van der Waals surface area contributed by atoms with Crippen LogP contribution < -0.4 is 16.0 Å². The van der Waals surface area contributed by atoms with Crippen molar-refractivity contribution >= 4 is 62.4 Å². The number of hydrogen-bond acceptors (Lipinski definition) is 10. The molecule has 4 rings (SSSR count). The van der Waals surface area contributed by atoms with Gasteiger partial charge in [0.1, 0.15) is 45.7 Å². The number of amides is 1. The van der Waals surface area contributed by atoms with Crippen molar-refractivity contribution in [1.82, 2.24) is 30.5 Å². The number of carbonyl (C=O) groups excluding carboxylic acids is 1. The summed E-state index contributed by atoms with van der Waals surface area (Å²) in [5.74, 6) is 1.37. The zero-order valence-electron chi connectivity index (χ0n) is 21.2. The van der Waals surface area contributed by atoms with Crippen LogP contribution in [0, 0.1) is 13.8 Å². The van der Waals surface area contributed by atoms with Gasteiger partial charge in [-0.05, 0) is 38.0 Å². The molecule has 0 saturated heterocycles. The maximum absolute atomic E-state index is 13.1. The van der Waals surface area contributed by atoms with Gasteiger partial charge in [0.15, 0.2) is 21.3 Å². The van der Waals surface area contributed by atoms with E-state index in [4.69, 9.17) is 0 Å². The van der Waals surface area contributed by atoms with Gasteiger partial charge in [-0.25, -0.2) is 23.4 Å². The summed E-state index contributed by atoms with van der Waals surface area (Å²) < 4.78 is 24.2. The van der Waals surface area contributed by atoms with Gasteiger partial charge in [-0.2, -0.15) is 0 Å². The van der Waals surface area contributed by atoms with Gasteiger partial charge in [-0.1, -0.05) is 6.07 Å². The lowest BCUT2D eigenvalue weighted by Gasteiger charge is -2.22. The van der Waals surface area contributed by atoms with Gasteiger partial charge >= 0.3 is 0 Å². The minimum atomic E-state index is -3.38. The Hall–Kier alpha value is -3.48. The van der Waals surface area contributed by atoms with Gasteiger partial charge < -0.3 is 16.0 Å². The van der Waals surface area contributed by atoms with Crippen LogP contribution >= 0.6 is 0 Å². The van der Waals surface area contributed by atoms with Gasteiger partial charge in [0.2, 0.25) is 0 Å². The molecule has 0 unspecified atom stereocenters. The number of carbonyl (C=O) groups is 1. The summed E-state index contributed by atoms with van der Waals surface area (Å²) in [4.78, 5) is 26.1. The molecule has 3 aromatic heterocycles. The van der Waals surface area contributed by atoms with E-state index in [9.17, 15) is 13.2 Å². The van der Waals surface area contributed by atoms with E-state index < -0.39 is 25.7 Å². The Balaban J connectivity index is 1.76. The molecule has 0 aliphatic heterocycles. The summed E-state index contributed by atoms with van der Waals surface area (Å²) in [6.45, 7) is 3.64. The van der Waals surface area contributed by atoms with E-state index in [1.54, 1.807) is 37.4 Å². The van der Waals surface area contributed by atoms with E-state index in [0.717, 1.165) is 5.69 Å². The van der Waals surface area contributed by atoms with Crippen molar-refractivity contribution in [2.45, 2.75) is 36.7 Å². The van der Waals surface area contributed by atoms with Crippen LogP contribution in [0.5, 0.6) is 0 Å². The molecule has 1 fully saturated rings. The van der Waals surface area contributed by atoms with Gasteiger partial charge in [0, 0.05) is 35.8 Å². The monoisotopic (exact) mass is 504 g/mol. The van der Waals surface area contributed by atoms with Crippen LogP contribution in [0.25, 0.3) is 0 Å². The summed E-state index contributed by atoms with van der Waals surface area (Å²) in [7, 11) is 2.21. The maximum atomic E-state index is 13.1. The minimum Gasteiger partial charge on any atom is -0.368 e. The molecule has 0 spiro atoms. The van der Waals surface area contributed by atoms with Crippen LogP contribution in [0.15, 0.2) is 30.5 Å². The van der Waals surface area contributed by atoms with Crippen LogP contribution in [-0.4, -0.2) is 74.5 Å². The zero-order valence-corrected chi connectivity index (χ0v) is 22.0. The van der Waals surface area contributed by atoms with Crippen molar-refractivity contribution in [3.8, 4) is 0 Å². The second kappa shape index (κ2) is 9.19. The Kier molecular flexibility index (Phi) is 6.54. The SMILES string of the molecule is BC(B)(B)NC(=O)c1nnc(Nc2cc(C)nc(C)n2)cc1Nc1ncccc1C1(S(C)(=O)=O)CC1. The van der Waals surface area contributed by atoms with Crippen LogP contribution in [0.1, 0.15) is 40.4 Å². The molecule has 3 N–H and O–H groups in total. The Morgan fingerprint density at radius 1 is 1.06 bits per heavy atom. The molecule has 0 radical (unpaired) electrons. The third-order valence-electron chi connectivity index (χ3n) is 5.69. The fourth-order valence-corrected chi connectivity index (χ4v) is 5.39. The maximum Gasteiger partial charge on any atom is 0.272 e. The Labute approximate surface area is 212 Å². The van der Waals surface area contributed by atoms with Gasteiger partial charge in [-0.15, -0.1) is 10.2 Å². The van der Waals surface area contributed by atoms with Gasteiger partial charge in [-0.3, -0.25) is 4.79 Å². The number of anilines is 4. The molecular weight excluding hydrogens is 477 g/mol. The number of aryl methyl sites for hydroxylation is 2. The quantitative estimate of drug-likeness (QED) is 0.328. The predicted molar refractivity (Wildman–Crippen MR) is 146 cm³/mol. The number of sulfone groups is 1. The first kappa shape index (κ1) is 25.6. The van der Waals surface area contributed by atoms with Crippen molar-refractivity contribution in [3.63, 3.8) is 0 Å². The molecule has 1 saturated carbocycles. The molecular formula is C21H27B3N8O3S. The van der Waals surface area contributed by atoms with Crippen molar-refractivity contribution in [2.24, 2.45) is 0 Å². The molecule has 184 valence electrons. The molecule has 3 aromatic rings. The third-order valence-corrected chi connectivity index (χ3v) is 7.73. The molecule has 3 heterocycles. The number of hydrogen-bond donors (Lipinski definition) is 3. The highest BCUT2D eigenvalue weighted by Crippen LogP contribution is 2.54. The van der Waals surface area contributed by atoms with Crippen LogP contribution in [0.2, 0.25) is 0 Å². The van der Waals surface area contributed by atoms with Crippen LogP contribution in [0.3, 0.4) is 0 Å². The van der Waals surface area contributed by atoms with E-state index in [1.165, 1.54) is 6.26 Å². The van der Waals surface area contributed by atoms with Crippen LogP contribution in [-0.2, 0) is 14.6 Å². The second-order valence-corrected chi connectivity index (χ2v) is 12.4. The van der Waals surface area contributed by atoms with Crippen LogP contribution in [0.4, 0.5) is 23.1 Å². The Bertz CT molecular complexity index is 1420. The number of rotatable bonds is 8. The molecule has 1 aliphatic rings. The molecule has 0 bridgehead atoms. The summed E-state index contributed by atoms with van der Waals surface area (Å²) in [5.41, 5.74) is 1.71. The first-order valence-corrected chi connectivity index (χ1v) is 13.4. The molecule has 0 atom stereocenters. The largest absolute Gasteiger partial charge is 0.368 e. The first-order valence-electron chi connectivity index (χ1n) is 11.5. The second-order valence-electron chi connectivity index (χ2n) is 10.1. The molecule has 36 heavy (non-hydrogen) atoms. The molecule has 0 aromatic carbocycles. The molecule has 1 amide bonds. The molecule has 1 aliphatic carbocycles. The van der Waals surface area contributed by atoms with Crippen molar-refractivity contribution in [1.29, 1.82) is 0 Å². The Morgan fingerprint density at radius 3 is 2.39 bits per heavy atom. The fourth-order valence-electron chi connectivity index (χ4n) is 3.98. The highest BCUT2D eigenvalue weighted by Gasteiger charge is 2.55. The predicted octanol–water partition coefficient (Wildman–Crippen LogP) is -0.960. The molecule has 15 heteroatoms. The molecule has 11 nitrogen and oxygen atoms in total. The number of nitrogens with zero attached hydrogens (tertiary/aromatic N) is 5. The zero-order chi connectivity index (χ0) is 26.3. The van der Waals surface area contributed by atoms with Crippen molar-refractivity contribution in [2.75, 3.05) is 16.9 Å². The van der Waals surface area contributed by atoms with E-state index >= 15 is 0 Å². The minimum absolute atomic E-state index is 0.0475. The topological polar surface area (TPSA) is 152 Å². The summed E-state index contributed by atoms with van der Waals surface area (Å²) >= 11 is 0. The normalized spacial score (nSPS) is 14.6. The van der Waals surface area contributed by atoms with Crippen molar-refractivity contribution < 1.29 is 13.2 Å². The summed E-state index contributed by atoms with van der Waals surface area (Å²) in [5, 5.41) is 17.0. The lowest BCUT2D eigenvalue weighted by atomic mass is 9.49.